The highest BCUT2D eigenvalue weighted by Crippen LogP contribution is 2.16. The van der Waals surface area contributed by atoms with Crippen molar-refractivity contribution < 1.29 is 19.6 Å². The van der Waals surface area contributed by atoms with Crippen LogP contribution in [0.1, 0.15) is 20.8 Å². The van der Waals surface area contributed by atoms with E-state index in [1.54, 1.807) is 0 Å². The van der Waals surface area contributed by atoms with Crippen molar-refractivity contribution in [2.75, 3.05) is 5.32 Å². The summed E-state index contributed by atoms with van der Waals surface area (Å²) in [5.74, 6) is -2.26. The number of rotatable bonds is 4. The first-order chi connectivity index (χ1) is 9.49. The van der Waals surface area contributed by atoms with E-state index in [4.69, 9.17) is 5.11 Å². The summed E-state index contributed by atoms with van der Waals surface area (Å²) in [4.78, 5) is 38.6. The van der Waals surface area contributed by atoms with Gasteiger partial charge in [-0.05, 0) is 17.1 Å². The molecule has 0 radical (unpaired) electrons. The predicted octanol–water partition coefficient (Wildman–Crippen LogP) is 1.27. The van der Waals surface area contributed by atoms with Crippen LogP contribution >= 0.6 is 0 Å². The number of carbonyl (C=O) groups is 2. The van der Waals surface area contributed by atoms with Crippen LogP contribution in [0.25, 0.3) is 0 Å². The molecule has 0 atom stereocenters. The second-order valence-corrected chi connectivity index (χ2v) is 3.69. The summed E-state index contributed by atoms with van der Waals surface area (Å²) < 4.78 is 0. The Labute approximate surface area is 111 Å². The molecule has 2 heterocycles. The van der Waals surface area contributed by atoms with Crippen LogP contribution in [0.4, 0.5) is 11.5 Å². The lowest BCUT2D eigenvalue weighted by molar-refractivity contribution is -0.389. The first kappa shape index (κ1) is 13.2. The number of carbonyl (C=O) groups excluding carboxylic acids is 1. The Morgan fingerprint density at radius 3 is 2.70 bits per heavy atom. The molecule has 102 valence electrons. The summed E-state index contributed by atoms with van der Waals surface area (Å²) in [7, 11) is 0. The number of nitrogens with zero attached hydrogens (tertiary/aromatic N) is 2. The van der Waals surface area contributed by atoms with E-state index in [0.717, 1.165) is 6.07 Å². The van der Waals surface area contributed by atoms with Crippen LogP contribution in [-0.2, 0) is 0 Å². The largest absolute Gasteiger partial charge is 0.478 e. The van der Waals surface area contributed by atoms with Crippen molar-refractivity contribution in [3.63, 3.8) is 0 Å². The molecule has 0 fully saturated rings. The van der Waals surface area contributed by atoms with Gasteiger partial charge in [0.05, 0.1) is 17.4 Å². The Bertz CT molecular complexity index is 694. The van der Waals surface area contributed by atoms with Gasteiger partial charge in [0.15, 0.2) is 5.69 Å². The fourth-order valence-corrected chi connectivity index (χ4v) is 1.49. The van der Waals surface area contributed by atoms with Gasteiger partial charge >= 0.3 is 11.8 Å². The number of carboxylic acids is 1. The molecule has 1 amide bonds. The first-order valence-electron chi connectivity index (χ1n) is 5.31. The van der Waals surface area contributed by atoms with E-state index < -0.39 is 16.8 Å². The number of anilines is 1. The van der Waals surface area contributed by atoms with Crippen molar-refractivity contribution in [2.45, 2.75) is 0 Å². The van der Waals surface area contributed by atoms with Crippen molar-refractivity contribution in [1.82, 2.24) is 9.97 Å². The van der Waals surface area contributed by atoms with Gasteiger partial charge in [-0.25, -0.2) is 9.78 Å². The molecule has 0 bridgehead atoms. The van der Waals surface area contributed by atoms with Crippen molar-refractivity contribution in [3.05, 3.63) is 52.0 Å². The van der Waals surface area contributed by atoms with E-state index in [1.807, 2.05) is 0 Å². The number of aromatic nitrogens is 2. The van der Waals surface area contributed by atoms with Crippen molar-refractivity contribution in [3.8, 4) is 0 Å². The van der Waals surface area contributed by atoms with E-state index in [1.165, 1.54) is 24.5 Å². The summed E-state index contributed by atoms with van der Waals surface area (Å²) in [6.07, 6.45) is 2.46. The van der Waals surface area contributed by atoms with E-state index in [2.05, 4.69) is 15.3 Å². The Morgan fingerprint density at radius 2 is 2.10 bits per heavy atom. The molecule has 0 saturated heterocycles. The highest BCUT2D eigenvalue weighted by molar-refractivity contribution is 6.06. The Kier molecular flexibility index (Phi) is 3.42. The molecule has 0 spiro atoms. The molecule has 2 aromatic rings. The molecular weight excluding hydrogens is 268 g/mol. The fourth-order valence-electron chi connectivity index (χ4n) is 1.49. The number of H-pyrrole nitrogens is 1. The Hall–Kier alpha value is -3.23. The third-order valence-electron chi connectivity index (χ3n) is 2.41. The van der Waals surface area contributed by atoms with Crippen LogP contribution in [-0.4, -0.2) is 31.9 Å². The Morgan fingerprint density at radius 1 is 1.35 bits per heavy atom. The summed E-state index contributed by atoms with van der Waals surface area (Å²) in [5, 5.41) is 21.8. The van der Waals surface area contributed by atoms with Gasteiger partial charge in [0.2, 0.25) is 0 Å². The van der Waals surface area contributed by atoms with E-state index in [9.17, 15) is 19.7 Å². The average molecular weight is 276 g/mol. The van der Waals surface area contributed by atoms with Gasteiger partial charge in [0, 0.05) is 12.3 Å². The number of nitro groups is 1. The number of aromatic carboxylic acids is 1. The summed E-state index contributed by atoms with van der Waals surface area (Å²) >= 11 is 0. The standard InChI is InChI=1S/C11H8N4O5/c16-10(7-1-2-9(13-7)15(19)20)14-8-5-12-4-3-6(8)11(17)18/h1-5,13H,(H,14,16)(H,17,18). The molecule has 9 nitrogen and oxygen atoms in total. The zero-order chi connectivity index (χ0) is 14.7. The lowest BCUT2D eigenvalue weighted by Gasteiger charge is -2.05. The molecule has 0 aromatic carbocycles. The van der Waals surface area contributed by atoms with E-state index >= 15 is 0 Å². The number of nitrogens with one attached hydrogen (secondary N) is 2. The number of hydrogen-bond donors (Lipinski definition) is 3. The third-order valence-corrected chi connectivity index (χ3v) is 2.41. The molecule has 0 saturated carbocycles. The molecular formula is C11H8N4O5. The molecule has 2 rings (SSSR count). The minimum absolute atomic E-state index is 0.00209. The maximum Gasteiger partial charge on any atom is 0.337 e. The summed E-state index contributed by atoms with van der Waals surface area (Å²) in [6.45, 7) is 0. The number of amides is 1. The van der Waals surface area contributed by atoms with E-state index in [0.29, 0.717) is 0 Å². The fraction of sp³-hybridized carbons (Fsp3) is 0. The zero-order valence-corrected chi connectivity index (χ0v) is 9.86. The topological polar surface area (TPSA) is 138 Å². The Balaban J connectivity index is 2.23. The monoisotopic (exact) mass is 276 g/mol. The van der Waals surface area contributed by atoms with Gasteiger partial charge in [-0.15, -0.1) is 0 Å². The summed E-state index contributed by atoms with van der Waals surface area (Å²) in [5.41, 5.74) is -0.187. The van der Waals surface area contributed by atoms with Crippen molar-refractivity contribution in [1.29, 1.82) is 0 Å². The smallest absolute Gasteiger partial charge is 0.337 e. The molecule has 0 aliphatic rings. The lowest BCUT2D eigenvalue weighted by atomic mass is 10.2. The molecule has 3 N–H and O–H groups in total. The maximum absolute atomic E-state index is 11.8. The van der Waals surface area contributed by atoms with Crippen LogP contribution in [0.5, 0.6) is 0 Å². The molecule has 0 unspecified atom stereocenters. The van der Waals surface area contributed by atoms with Crippen LogP contribution in [0, 0.1) is 10.1 Å². The predicted molar refractivity (Wildman–Crippen MR) is 66.6 cm³/mol. The van der Waals surface area contributed by atoms with Crippen LogP contribution < -0.4 is 5.32 Å². The SMILES string of the molecule is O=C(Nc1cnccc1C(=O)O)c1ccc([N+](=O)[O-])[nH]1. The second kappa shape index (κ2) is 5.18. The first-order valence-corrected chi connectivity index (χ1v) is 5.31. The lowest BCUT2D eigenvalue weighted by Crippen LogP contribution is -2.15. The number of carboxylic acid groups (broad SMARTS) is 1. The minimum atomic E-state index is -1.22. The number of hydrogen-bond acceptors (Lipinski definition) is 5. The molecule has 20 heavy (non-hydrogen) atoms. The van der Waals surface area contributed by atoms with Gasteiger partial charge in [-0.1, -0.05) is 0 Å². The van der Waals surface area contributed by atoms with Gasteiger partial charge in [0.1, 0.15) is 0 Å². The van der Waals surface area contributed by atoms with Gasteiger partial charge in [-0.2, -0.15) is 0 Å². The molecule has 0 aliphatic heterocycles. The quantitative estimate of drug-likeness (QED) is 0.567. The number of aromatic amines is 1. The highest BCUT2D eigenvalue weighted by atomic mass is 16.6. The molecule has 9 heteroatoms. The third kappa shape index (κ3) is 2.61. The summed E-state index contributed by atoms with van der Waals surface area (Å²) in [6, 6.07) is 3.59. The minimum Gasteiger partial charge on any atom is -0.478 e. The van der Waals surface area contributed by atoms with Gasteiger partial charge in [-0.3, -0.25) is 9.78 Å². The van der Waals surface area contributed by atoms with Crippen LogP contribution in [0.15, 0.2) is 30.6 Å². The molecule has 0 aliphatic carbocycles. The second-order valence-electron chi connectivity index (χ2n) is 3.69. The van der Waals surface area contributed by atoms with Crippen LogP contribution in [0.3, 0.4) is 0 Å². The highest BCUT2D eigenvalue weighted by Gasteiger charge is 2.18. The normalized spacial score (nSPS) is 10.0. The molecule has 2 aromatic heterocycles. The van der Waals surface area contributed by atoms with Crippen molar-refractivity contribution >= 4 is 23.4 Å². The maximum atomic E-state index is 11.8. The van der Waals surface area contributed by atoms with E-state index in [-0.39, 0.29) is 22.8 Å². The van der Waals surface area contributed by atoms with Gasteiger partial charge in [0.25, 0.3) is 5.91 Å². The number of pyridine rings is 1. The zero-order valence-electron chi connectivity index (χ0n) is 9.86. The van der Waals surface area contributed by atoms with Gasteiger partial charge < -0.3 is 20.5 Å². The van der Waals surface area contributed by atoms with Crippen molar-refractivity contribution in [2.24, 2.45) is 0 Å². The average Bonchev–Trinajstić information content (AvgIpc) is 2.89. The van der Waals surface area contributed by atoms with Crippen LogP contribution in [0.2, 0.25) is 0 Å².